The standard InChI is InChI=1S/C15H14BrN3O2/c1-20-14-6-7-17-15(10-14)21-13-4-2-12(3-5-13)18-8-9-19(16)11-18/h2-10H,11H2,1H3. The van der Waals surface area contributed by atoms with E-state index in [-0.39, 0.29) is 0 Å². The van der Waals surface area contributed by atoms with Gasteiger partial charge < -0.3 is 14.4 Å². The SMILES string of the molecule is COc1ccnc(Oc2ccc(N3C=CN(Br)C3)cc2)c1. The molecule has 0 bridgehead atoms. The van der Waals surface area contributed by atoms with Crippen molar-refractivity contribution in [3.63, 3.8) is 0 Å². The van der Waals surface area contributed by atoms with Gasteiger partial charge >= 0.3 is 0 Å². The van der Waals surface area contributed by atoms with Crippen LogP contribution in [0.3, 0.4) is 0 Å². The van der Waals surface area contributed by atoms with E-state index in [2.05, 4.69) is 26.0 Å². The lowest BCUT2D eigenvalue weighted by atomic mass is 10.3. The number of ether oxygens (including phenoxy) is 2. The number of nitrogens with zero attached hydrogens (tertiary/aromatic N) is 3. The van der Waals surface area contributed by atoms with E-state index in [9.17, 15) is 0 Å². The number of aromatic nitrogens is 1. The molecule has 1 aliphatic heterocycles. The van der Waals surface area contributed by atoms with Crippen LogP contribution in [-0.2, 0) is 0 Å². The third kappa shape index (κ3) is 3.28. The number of benzene rings is 1. The minimum absolute atomic E-state index is 0.509. The number of hydrogen-bond donors (Lipinski definition) is 0. The molecule has 0 spiro atoms. The van der Waals surface area contributed by atoms with Crippen LogP contribution < -0.4 is 14.4 Å². The van der Waals surface area contributed by atoms with E-state index in [1.807, 2.05) is 40.6 Å². The number of halogens is 1. The van der Waals surface area contributed by atoms with Crippen LogP contribution in [0.1, 0.15) is 0 Å². The van der Waals surface area contributed by atoms with Crippen LogP contribution in [0.15, 0.2) is 55.0 Å². The molecule has 0 radical (unpaired) electrons. The van der Waals surface area contributed by atoms with Crippen LogP contribution in [0.5, 0.6) is 17.4 Å². The smallest absolute Gasteiger partial charge is 0.222 e. The van der Waals surface area contributed by atoms with Gasteiger partial charge in [0.15, 0.2) is 0 Å². The lowest BCUT2D eigenvalue weighted by Gasteiger charge is -2.17. The molecule has 2 heterocycles. The van der Waals surface area contributed by atoms with Crippen molar-refractivity contribution in [2.24, 2.45) is 0 Å². The molecule has 0 fully saturated rings. The average molecular weight is 348 g/mol. The van der Waals surface area contributed by atoms with Gasteiger partial charge in [0.1, 0.15) is 18.2 Å². The molecule has 0 atom stereocenters. The molecule has 3 rings (SSSR count). The summed E-state index contributed by atoms with van der Waals surface area (Å²) in [5, 5.41) is 0. The van der Waals surface area contributed by atoms with Crippen molar-refractivity contribution >= 4 is 21.8 Å². The van der Waals surface area contributed by atoms with Crippen molar-refractivity contribution in [3.05, 3.63) is 55.0 Å². The summed E-state index contributed by atoms with van der Waals surface area (Å²) in [5.74, 6) is 1.96. The van der Waals surface area contributed by atoms with Gasteiger partial charge in [0.25, 0.3) is 0 Å². The second kappa shape index (κ2) is 6.05. The highest BCUT2D eigenvalue weighted by molar-refractivity contribution is 9.07. The zero-order chi connectivity index (χ0) is 14.7. The maximum atomic E-state index is 5.71. The molecular formula is C15H14BrN3O2. The Balaban J connectivity index is 1.71. The molecular weight excluding hydrogens is 334 g/mol. The topological polar surface area (TPSA) is 37.8 Å². The first kappa shape index (κ1) is 13.8. The zero-order valence-corrected chi connectivity index (χ0v) is 13.0. The highest BCUT2D eigenvalue weighted by Crippen LogP contribution is 2.27. The molecule has 0 saturated carbocycles. The second-order valence-electron chi connectivity index (χ2n) is 4.44. The number of anilines is 1. The van der Waals surface area contributed by atoms with Crippen molar-refractivity contribution in [2.75, 3.05) is 18.7 Å². The highest BCUT2D eigenvalue weighted by atomic mass is 79.9. The third-order valence-corrected chi connectivity index (χ3v) is 3.49. The highest BCUT2D eigenvalue weighted by Gasteiger charge is 2.11. The van der Waals surface area contributed by atoms with Crippen molar-refractivity contribution in [1.82, 2.24) is 8.91 Å². The van der Waals surface area contributed by atoms with Gasteiger partial charge in [0, 0.05) is 30.4 Å². The summed E-state index contributed by atoms with van der Waals surface area (Å²) in [5.41, 5.74) is 1.10. The molecule has 1 aliphatic rings. The first-order valence-electron chi connectivity index (χ1n) is 6.40. The number of methoxy groups -OCH3 is 1. The van der Waals surface area contributed by atoms with E-state index < -0.39 is 0 Å². The van der Waals surface area contributed by atoms with Crippen LogP contribution in [0.4, 0.5) is 5.69 Å². The van der Waals surface area contributed by atoms with Gasteiger partial charge in [0.2, 0.25) is 5.88 Å². The minimum Gasteiger partial charge on any atom is -0.497 e. The van der Waals surface area contributed by atoms with E-state index in [0.29, 0.717) is 5.88 Å². The molecule has 6 heteroatoms. The summed E-state index contributed by atoms with van der Waals surface area (Å²) in [7, 11) is 1.62. The molecule has 0 saturated heterocycles. The Morgan fingerprint density at radius 3 is 2.57 bits per heavy atom. The largest absolute Gasteiger partial charge is 0.497 e. The Morgan fingerprint density at radius 1 is 1.10 bits per heavy atom. The van der Waals surface area contributed by atoms with Crippen molar-refractivity contribution < 1.29 is 9.47 Å². The Morgan fingerprint density at radius 2 is 1.90 bits per heavy atom. The van der Waals surface area contributed by atoms with E-state index in [1.165, 1.54) is 0 Å². The van der Waals surface area contributed by atoms with Gasteiger partial charge in [-0.2, -0.15) is 0 Å². The molecule has 0 aliphatic carbocycles. The molecule has 0 amide bonds. The maximum absolute atomic E-state index is 5.71. The van der Waals surface area contributed by atoms with E-state index in [1.54, 1.807) is 25.4 Å². The zero-order valence-electron chi connectivity index (χ0n) is 11.4. The Labute approximate surface area is 131 Å². The lowest BCUT2D eigenvalue weighted by molar-refractivity contribution is 0.405. The van der Waals surface area contributed by atoms with Gasteiger partial charge in [-0.1, -0.05) is 0 Å². The minimum atomic E-state index is 0.509. The van der Waals surface area contributed by atoms with Gasteiger partial charge in [-0.15, -0.1) is 0 Å². The molecule has 1 aromatic heterocycles. The molecule has 0 N–H and O–H groups in total. The summed E-state index contributed by atoms with van der Waals surface area (Å²) in [6, 6.07) is 11.4. The quantitative estimate of drug-likeness (QED) is 0.787. The van der Waals surface area contributed by atoms with Crippen LogP contribution in [0, 0.1) is 0 Å². The molecule has 1 aromatic carbocycles. The van der Waals surface area contributed by atoms with Crippen LogP contribution >= 0.6 is 16.1 Å². The monoisotopic (exact) mass is 347 g/mol. The second-order valence-corrected chi connectivity index (χ2v) is 5.35. The van der Waals surface area contributed by atoms with E-state index >= 15 is 0 Å². The Kier molecular flexibility index (Phi) is 3.96. The number of rotatable bonds is 4. The fourth-order valence-electron chi connectivity index (χ4n) is 1.96. The predicted molar refractivity (Wildman–Crippen MR) is 84.6 cm³/mol. The number of pyridine rings is 1. The molecule has 2 aromatic rings. The summed E-state index contributed by atoms with van der Waals surface area (Å²) >= 11 is 3.41. The Hall–Kier alpha value is -2.21. The first-order chi connectivity index (χ1) is 10.2. The van der Waals surface area contributed by atoms with Gasteiger partial charge in [-0.25, -0.2) is 4.98 Å². The predicted octanol–water partition coefficient (Wildman–Crippen LogP) is 3.74. The van der Waals surface area contributed by atoms with Crippen molar-refractivity contribution in [3.8, 4) is 17.4 Å². The van der Waals surface area contributed by atoms with Gasteiger partial charge in [-0.05, 0) is 30.3 Å². The number of hydrogen-bond acceptors (Lipinski definition) is 5. The summed E-state index contributed by atoms with van der Waals surface area (Å²) < 4.78 is 12.8. The third-order valence-electron chi connectivity index (χ3n) is 3.03. The fourth-order valence-corrected chi connectivity index (χ4v) is 2.31. The lowest BCUT2D eigenvalue weighted by Crippen LogP contribution is -2.18. The average Bonchev–Trinajstić information content (AvgIpc) is 2.95. The van der Waals surface area contributed by atoms with Crippen molar-refractivity contribution in [1.29, 1.82) is 0 Å². The van der Waals surface area contributed by atoms with Crippen molar-refractivity contribution in [2.45, 2.75) is 0 Å². The Bertz CT molecular complexity index is 646. The van der Waals surface area contributed by atoms with E-state index in [4.69, 9.17) is 9.47 Å². The normalized spacial score (nSPS) is 13.6. The molecule has 5 nitrogen and oxygen atoms in total. The first-order valence-corrected chi connectivity index (χ1v) is 7.11. The molecule has 0 unspecified atom stereocenters. The van der Waals surface area contributed by atoms with Crippen LogP contribution in [0.2, 0.25) is 0 Å². The molecule has 21 heavy (non-hydrogen) atoms. The maximum Gasteiger partial charge on any atom is 0.222 e. The van der Waals surface area contributed by atoms with E-state index in [0.717, 1.165) is 23.9 Å². The molecule has 108 valence electrons. The summed E-state index contributed by atoms with van der Waals surface area (Å²) in [4.78, 5) is 6.27. The summed E-state index contributed by atoms with van der Waals surface area (Å²) in [6.07, 6.45) is 5.63. The van der Waals surface area contributed by atoms with Gasteiger partial charge in [0.05, 0.1) is 23.3 Å². The van der Waals surface area contributed by atoms with Gasteiger partial charge in [-0.3, -0.25) is 3.93 Å². The summed E-state index contributed by atoms with van der Waals surface area (Å²) in [6.45, 7) is 0.775. The van der Waals surface area contributed by atoms with Crippen LogP contribution in [0.25, 0.3) is 0 Å². The van der Waals surface area contributed by atoms with Crippen LogP contribution in [-0.4, -0.2) is 22.7 Å². The fraction of sp³-hybridized carbons (Fsp3) is 0.133.